The standard InChI is InChI=1S/C25H27Cl2N7O/c1-14(2)31-25(4)12-34(13-25)24-29-8-16(9-30-24)23-18-7-17(5-6-21(18)32-33-23)35-15(3)22-19(26)10-28-11-20(22)27/h5-11,14-15,31H,12-13H2,1-4H3,(H,32,33)/t15-/m1/s1. The highest BCUT2D eigenvalue weighted by Gasteiger charge is 2.40. The Labute approximate surface area is 214 Å². The number of aromatic nitrogens is 5. The van der Waals surface area contributed by atoms with Crippen molar-refractivity contribution in [2.24, 2.45) is 0 Å². The molecule has 8 nitrogen and oxygen atoms in total. The van der Waals surface area contributed by atoms with Gasteiger partial charge in [0, 0.05) is 60.4 Å². The maximum absolute atomic E-state index is 6.30. The maximum atomic E-state index is 6.30. The minimum absolute atomic E-state index is 0.0901. The third-order valence-electron chi connectivity index (χ3n) is 6.06. The van der Waals surface area contributed by atoms with Gasteiger partial charge in [-0.05, 0) is 32.0 Å². The summed E-state index contributed by atoms with van der Waals surface area (Å²) >= 11 is 12.6. The Morgan fingerprint density at radius 2 is 1.74 bits per heavy atom. The van der Waals surface area contributed by atoms with Gasteiger partial charge in [0.15, 0.2) is 0 Å². The average Bonchev–Trinajstić information content (AvgIpc) is 3.20. The van der Waals surface area contributed by atoms with Gasteiger partial charge in [0.05, 0.1) is 21.1 Å². The molecular formula is C25H27Cl2N7O. The van der Waals surface area contributed by atoms with Crippen LogP contribution in [0.5, 0.6) is 5.75 Å². The number of benzene rings is 1. The molecule has 1 aromatic carbocycles. The van der Waals surface area contributed by atoms with Crippen LogP contribution in [-0.4, -0.2) is 49.8 Å². The summed E-state index contributed by atoms with van der Waals surface area (Å²) in [4.78, 5) is 15.4. The number of pyridine rings is 1. The van der Waals surface area contributed by atoms with Crippen molar-refractivity contribution in [3.8, 4) is 17.0 Å². The van der Waals surface area contributed by atoms with Crippen LogP contribution in [0, 0.1) is 0 Å². The molecule has 1 aliphatic rings. The largest absolute Gasteiger partial charge is 0.486 e. The first-order valence-electron chi connectivity index (χ1n) is 11.5. The molecule has 0 saturated carbocycles. The second-order valence-corrected chi connectivity index (χ2v) is 10.4. The monoisotopic (exact) mass is 511 g/mol. The van der Waals surface area contributed by atoms with Crippen molar-refractivity contribution in [1.82, 2.24) is 30.5 Å². The molecule has 0 radical (unpaired) electrons. The molecule has 1 fully saturated rings. The van der Waals surface area contributed by atoms with Crippen LogP contribution >= 0.6 is 23.2 Å². The number of hydrogen-bond donors (Lipinski definition) is 2. The van der Waals surface area contributed by atoms with E-state index >= 15 is 0 Å². The van der Waals surface area contributed by atoms with E-state index in [1.54, 1.807) is 12.4 Å². The van der Waals surface area contributed by atoms with Crippen molar-refractivity contribution in [1.29, 1.82) is 0 Å². The fraction of sp³-hybridized carbons (Fsp3) is 0.360. The molecule has 5 rings (SSSR count). The molecule has 0 spiro atoms. The van der Waals surface area contributed by atoms with Crippen molar-refractivity contribution in [2.45, 2.75) is 45.4 Å². The number of anilines is 1. The van der Waals surface area contributed by atoms with Crippen LogP contribution in [0.4, 0.5) is 5.95 Å². The highest BCUT2D eigenvalue weighted by molar-refractivity contribution is 6.35. The van der Waals surface area contributed by atoms with Crippen LogP contribution in [0.15, 0.2) is 43.0 Å². The molecule has 0 bridgehead atoms. The number of ether oxygens (including phenoxy) is 1. The summed E-state index contributed by atoms with van der Waals surface area (Å²) in [7, 11) is 0. The van der Waals surface area contributed by atoms with Gasteiger partial charge in [0.25, 0.3) is 0 Å². The van der Waals surface area contributed by atoms with Crippen molar-refractivity contribution in [3.05, 3.63) is 58.6 Å². The lowest BCUT2D eigenvalue weighted by atomic mass is 9.92. The number of nitrogens with zero attached hydrogens (tertiary/aromatic N) is 5. The molecule has 0 amide bonds. The van der Waals surface area contributed by atoms with Crippen molar-refractivity contribution >= 4 is 40.1 Å². The van der Waals surface area contributed by atoms with Gasteiger partial charge in [-0.15, -0.1) is 0 Å². The topological polar surface area (TPSA) is 91.8 Å². The zero-order valence-corrected chi connectivity index (χ0v) is 21.5. The van der Waals surface area contributed by atoms with Crippen LogP contribution in [0.25, 0.3) is 22.2 Å². The summed E-state index contributed by atoms with van der Waals surface area (Å²) in [5, 5.41) is 13.0. The molecule has 0 aliphatic carbocycles. The number of aromatic amines is 1. The normalized spacial score (nSPS) is 15.9. The average molecular weight is 512 g/mol. The smallest absolute Gasteiger partial charge is 0.225 e. The van der Waals surface area contributed by atoms with Gasteiger partial charge < -0.3 is 15.0 Å². The molecule has 1 atom stereocenters. The molecule has 10 heteroatoms. The van der Waals surface area contributed by atoms with E-state index in [1.807, 2.05) is 37.5 Å². The first-order chi connectivity index (χ1) is 16.7. The van der Waals surface area contributed by atoms with Gasteiger partial charge in [-0.1, -0.05) is 37.0 Å². The number of halogens is 2. The zero-order valence-electron chi connectivity index (χ0n) is 20.0. The maximum Gasteiger partial charge on any atom is 0.225 e. The Bertz CT molecular complexity index is 1330. The lowest BCUT2D eigenvalue weighted by Gasteiger charge is -2.49. The number of fused-ring (bicyclic) bond motifs is 1. The van der Waals surface area contributed by atoms with E-state index in [9.17, 15) is 0 Å². The van der Waals surface area contributed by atoms with Crippen LogP contribution in [0.2, 0.25) is 10.0 Å². The minimum Gasteiger partial charge on any atom is -0.486 e. The Balaban J connectivity index is 1.35. The van der Waals surface area contributed by atoms with E-state index in [2.05, 4.69) is 56.1 Å². The van der Waals surface area contributed by atoms with Gasteiger partial charge in [0.2, 0.25) is 5.95 Å². The SMILES string of the molecule is CC(C)NC1(C)CN(c2ncc(-c3n[nH]c4ccc(O[C@H](C)c5c(Cl)cncc5Cl)cc34)cn2)C1. The van der Waals surface area contributed by atoms with Crippen LogP contribution in [0.3, 0.4) is 0 Å². The third-order valence-corrected chi connectivity index (χ3v) is 6.66. The molecule has 1 saturated heterocycles. The quantitative estimate of drug-likeness (QED) is 0.341. The van der Waals surface area contributed by atoms with E-state index < -0.39 is 0 Å². The van der Waals surface area contributed by atoms with Gasteiger partial charge >= 0.3 is 0 Å². The van der Waals surface area contributed by atoms with E-state index in [1.165, 1.54) is 0 Å². The predicted molar refractivity (Wildman–Crippen MR) is 139 cm³/mol. The van der Waals surface area contributed by atoms with E-state index in [4.69, 9.17) is 27.9 Å². The molecule has 4 heterocycles. The summed E-state index contributed by atoms with van der Waals surface area (Å²) in [5.74, 6) is 1.40. The molecule has 182 valence electrons. The minimum atomic E-state index is -0.360. The molecule has 3 aromatic heterocycles. The fourth-order valence-corrected chi connectivity index (χ4v) is 5.36. The first-order valence-corrected chi connectivity index (χ1v) is 12.3. The Hall–Kier alpha value is -2.94. The number of rotatable bonds is 7. The molecular weight excluding hydrogens is 485 g/mol. The summed E-state index contributed by atoms with van der Waals surface area (Å²) < 4.78 is 6.17. The summed E-state index contributed by atoms with van der Waals surface area (Å²) in [6.45, 7) is 10.2. The second-order valence-electron chi connectivity index (χ2n) is 9.54. The summed E-state index contributed by atoms with van der Waals surface area (Å²) in [6.07, 6.45) is 6.39. The molecule has 0 unspecified atom stereocenters. The molecule has 1 aliphatic heterocycles. The molecule has 35 heavy (non-hydrogen) atoms. The van der Waals surface area contributed by atoms with Crippen molar-refractivity contribution < 1.29 is 4.74 Å². The van der Waals surface area contributed by atoms with Crippen molar-refractivity contribution in [3.63, 3.8) is 0 Å². The summed E-state index contributed by atoms with van der Waals surface area (Å²) in [5.41, 5.74) is 3.27. The lowest BCUT2D eigenvalue weighted by molar-refractivity contribution is 0.227. The van der Waals surface area contributed by atoms with Gasteiger partial charge in [0.1, 0.15) is 17.5 Å². The highest BCUT2D eigenvalue weighted by Crippen LogP contribution is 2.35. The van der Waals surface area contributed by atoms with Gasteiger partial charge in [-0.3, -0.25) is 10.1 Å². The van der Waals surface area contributed by atoms with Gasteiger partial charge in [-0.25, -0.2) is 9.97 Å². The second kappa shape index (κ2) is 9.26. The highest BCUT2D eigenvalue weighted by atomic mass is 35.5. The summed E-state index contributed by atoms with van der Waals surface area (Å²) in [6, 6.07) is 6.20. The van der Waals surface area contributed by atoms with E-state index in [0.717, 1.165) is 41.2 Å². The lowest BCUT2D eigenvalue weighted by Crippen LogP contribution is -2.69. The first kappa shape index (κ1) is 23.8. The molecule has 4 aromatic rings. The Kier molecular flexibility index (Phi) is 6.29. The predicted octanol–water partition coefficient (Wildman–Crippen LogP) is 5.44. The number of hydrogen-bond acceptors (Lipinski definition) is 7. The van der Waals surface area contributed by atoms with Crippen LogP contribution in [0.1, 0.15) is 39.4 Å². The van der Waals surface area contributed by atoms with Gasteiger partial charge in [-0.2, -0.15) is 5.10 Å². The molecule has 2 N–H and O–H groups in total. The Morgan fingerprint density at radius 3 is 2.40 bits per heavy atom. The van der Waals surface area contributed by atoms with E-state index in [0.29, 0.717) is 27.4 Å². The van der Waals surface area contributed by atoms with Crippen LogP contribution < -0.4 is 15.0 Å². The van der Waals surface area contributed by atoms with Crippen LogP contribution in [-0.2, 0) is 0 Å². The number of H-pyrrole nitrogens is 1. The third kappa shape index (κ3) is 4.78. The number of nitrogens with one attached hydrogen (secondary N) is 2. The fourth-order valence-electron chi connectivity index (χ4n) is 4.69. The van der Waals surface area contributed by atoms with Crippen molar-refractivity contribution in [2.75, 3.05) is 18.0 Å². The zero-order chi connectivity index (χ0) is 24.7. The van der Waals surface area contributed by atoms with E-state index in [-0.39, 0.29) is 11.6 Å². The Morgan fingerprint density at radius 1 is 1.06 bits per heavy atom.